The fourth-order valence-electron chi connectivity index (χ4n) is 1.74. The van der Waals surface area contributed by atoms with Crippen molar-refractivity contribution in [3.63, 3.8) is 0 Å². The van der Waals surface area contributed by atoms with Gasteiger partial charge in [-0.05, 0) is 38.0 Å². The summed E-state index contributed by atoms with van der Waals surface area (Å²) in [4.78, 5) is 34.2. The molecule has 0 bridgehead atoms. The largest absolute Gasteiger partial charge is 0.392 e. The van der Waals surface area contributed by atoms with Gasteiger partial charge in [-0.1, -0.05) is 12.1 Å². The second kappa shape index (κ2) is 8.16. The minimum Gasteiger partial charge on any atom is -0.392 e. The second-order valence-electron chi connectivity index (χ2n) is 4.86. The van der Waals surface area contributed by atoms with E-state index in [1.807, 2.05) is 0 Å². The lowest BCUT2D eigenvalue weighted by atomic mass is 10.1. The molecule has 0 aliphatic heterocycles. The van der Waals surface area contributed by atoms with E-state index in [9.17, 15) is 14.4 Å². The van der Waals surface area contributed by atoms with E-state index in [2.05, 4.69) is 10.6 Å². The van der Waals surface area contributed by atoms with Gasteiger partial charge in [0.05, 0.1) is 12.6 Å². The van der Waals surface area contributed by atoms with Crippen molar-refractivity contribution in [1.82, 2.24) is 5.32 Å². The Morgan fingerprint density at radius 2 is 1.76 bits per heavy atom. The first-order valence-electron chi connectivity index (χ1n) is 6.69. The molecule has 0 saturated carbocycles. The standard InChI is InChI=1S/C15H20N2O4/c1-10(19)3-8-14(11(2)20)17-15(21)16-13-6-4-12(9-18)5-7-13/h4-7,14,18H,3,8-9H2,1-2H3,(H2,16,17,21). The number of Topliss-reactive ketones (excluding diaryl/α,β-unsaturated/α-hetero) is 2. The average Bonchev–Trinajstić information content (AvgIpc) is 2.43. The normalized spacial score (nSPS) is 11.6. The van der Waals surface area contributed by atoms with Gasteiger partial charge in [-0.3, -0.25) is 4.79 Å². The quantitative estimate of drug-likeness (QED) is 0.711. The molecule has 0 saturated heterocycles. The maximum atomic E-state index is 11.8. The molecular weight excluding hydrogens is 272 g/mol. The molecule has 1 unspecified atom stereocenters. The predicted octanol–water partition coefficient (Wildman–Crippen LogP) is 1.63. The zero-order valence-electron chi connectivity index (χ0n) is 12.2. The summed E-state index contributed by atoms with van der Waals surface area (Å²) in [5.41, 5.74) is 1.29. The lowest BCUT2D eigenvalue weighted by Crippen LogP contribution is -2.42. The first-order chi connectivity index (χ1) is 9.92. The number of rotatable bonds is 7. The minimum absolute atomic E-state index is 0.0250. The number of amides is 2. The van der Waals surface area contributed by atoms with Gasteiger partial charge < -0.3 is 20.5 Å². The number of benzene rings is 1. The Kier molecular flexibility index (Phi) is 6.55. The van der Waals surface area contributed by atoms with E-state index >= 15 is 0 Å². The zero-order chi connectivity index (χ0) is 15.8. The summed E-state index contributed by atoms with van der Waals surface area (Å²) < 4.78 is 0. The number of urea groups is 1. The number of ketones is 2. The summed E-state index contributed by atoms with van der Waals surface area (Å²) in [5, 5.41) is 14.1. The molecule has 3 N–H and O–H groups in total. The van der Waals surface area contributed by atoms with Crippen molar-refractivity contribution in [3.05, 3.63) is 29.8 Å². The van der Waals surface area contributed by atoms with Crippen LogP contribution in [0, 0.1) is 0 Å². The summed E-state index contributed by atoms with van der Waals surface area (Å²) in [6.07, 6.45) is 0.539. The van der Waals surface area contributed by atoms with E-state index in [4.69, 9.17) is 5.11 Å². The van der Waals surface area contributed by atoms with Crippen LogP contribution in [0.2, 0.25) is 0 Å². The van der Waals surface area contributed by atoms with Gasteiger partial charge in [0, 0.05) is 12.1 Å². The highest BCUT2D eigenvalue weighted by Crippen LogP contribution is 2.09. The van der Waals surface area contributed by atoms with Crippen molar-refractivity contribution in [2.45, 2.75) is 39.3 Å². The molecule has 6 nitrogen and oxygen atoms in total. The molecule has 1 rings (SSSR count). The molecule has 21 heavy (non-hydrogen) atoms. The van der Waals surface area contributed by atoms with E-state index < -0.39 is 12.1 Å². The molecule has 0 heterocycles. The maximum Gasteiger partial charge on any atom is 0.319 e. The van der Waals surface area contributed by atoms with Crippen molar-refractivity contribution < 1.29 is 19.5 Å². The van der Waals surface area contributed by atoms with E-state index in [-0.39, 0.29) is 24.6 Å². The zero-order valence-corrected chi connectivity index (χ0v) is 12.2. The van der Waals surface area contributed by atoms with Gasteiger partial charge in [-0.25, -0.2) is 4.79 Å². The summed E-state index contributed by atoms with van der Waals surface area (Å²) >= 11 is 0. The van der Waals surface area contributed by atoms with Gasteiger partial charge in [0.1, 0.15) is 5.78 Å². The van der Waals surface area contributed by atoms with Crippen LogP contribution in [0.3, 0.4) is 0 Å². The van der Waals surface area contributed by atoms with Crippen LogP contribution in [0.1, 0.15) is 32.3 Å². The monoisotopic (exact) mass is 292 g/mol. The van der Waals surface area contributed by atoms with E-state index in [0.29, 0.717) is 12.1 Å². The van der Waals surface area contributed by atoms with Crippen LogP contribution in [-0.4, -0.2) is 28.7 Å². The average molecular weight is 292 g/mol. The summed E-state index contributed by atoms with van der Waals surface area (Å²) in [7, 11) is 0. The van der Waals surface area contributed by atoms with Gasteiger partial charge in [0.2, 0.25) is 0 Å². The number of hydrogen-bond donors (Lipinski definition) is 3. The van der Waals surface area contributed by atoms with Gasteiger partial charge in [0.15, 0.2) is 5.78 Å². The minimum atomic E-state index is -0.675. The van der Waals surface area contributed by atoms with Crippen LogP contribution in [0.5, 0.6) is 0 Å². The number of carbonyl (C=O) groups excluding carboxylic acids is 3. The molecule has 0 aliphatic carbocycles. The fraction of sp³-hybridized carbons (Fsp3) is 0.400. The van der Waals surface area contributed by atoms with E-state index in [1.54, 1.807) is 24.3 Å². The molecule has 114 valence electrons. The van der Waals surface area contributed by atoms with Crippen molar-refractivity contribution in [2.75, 3.05) is 5.32 Å². The van der Waals surface area contributed by atoms with Crippen LogP contribution >= 0.6 is 0 Å². The number of carbonyl (C=O) groups is 3. The Morgan fingerprint density at radius 3 is 2.24 bits per heavy atom. The Balaban J connectivity index is 2.56. The molecule has 1 aromatic rings. The van der Waals surface area contributed by atoms with Gasteiger partial charge >= 0.3 is 6.03 Å². The molecule has 0 aromatic heterocycles. The fourth-order valence-corrected chi connectivity index (χ4v) is 1.74. The number of anilines is 1. The van der Waals surface area contributed by atoms with Gasteiger partial charge in [-0.2, -0.15) is 0 Å². The Morgan fingerprint density at radius 1 is 1.14 bits per heavy atom. The first-order valence-corrected chi connectivity index (χ1v) is 6.69. The topological polar surface area (TPSA) is 95.5 Å². The molecular formula is C15H20N2O4. The predicted molar refractivity (Wildman–Crippen MR) is 78.9 cm³/mol. The highest BCUT2D eigenvalue weighted by Gasteiger charge is 2.17. The molecule has 0 radical (unpaired) electrons. The molecule has 0 spiro atoms. The third kappa shape index (κ3) is 6.18. The Bertz CT molecular complexity index is 511. The molecule has 0 fully saturated rings. The molecule has 2 amide bonds. The van der Waals surface area contributed by atoms with E-state index in [1.165, 1.54) is 13.8 Å². The molecule has 0 aliphatic rings. The molecule has 1 aromatic carbocycles. The lowest BCUT2D eigenvalue weighted by Gasteiger charge is -2.16. The summed E-state index contributed by atoms with van der Waals surface area (Å²) in [5.74, 6) is -0.218. The number of aliphatic hydroxyl groups is 1. The third-order valence-corrected chi connectivity index (χ3v) is 2.98. The van der Waals surface area contributed by atoms with Gasteiger partial charge in [-0.15, -0.1) is 0 Å². The Labute approximate surface area is 123 Å². The lowest BCUT2D eigenvalue weighted by molar-refractivity contribution is -0.119. The van der Waals surface area contributed by atoms with Crippen LogP contribution in [0.15, 0.2) is 24.3 Å². The third-order valence-electron chi connectivity index (χ3n) is 2.98. The summed E-state index contributed by atoms with van der Waals surface area (Å²) in [6.45, 7) is 2.75. The highest BCUT2D eigenvalue weighted by atomic mass is 16.3. The maximum absolute atomic E-state index is 11.8. The van der Waals surface area contributed by atoms with Crippen LogP contribution < -0.4 is 10.6 Å². The molecule has 6 heteroatoms. The van der Waals surface area contributed by atoms with Crippen molar-refractivity contribution >= 4 is 23.3 Å². The second-order valence-corrected chi connectivity index (χ2v) is 4.86. The van der Waals surface area contributed by atoms with Gasteiger partial charge in [0.25, 0.3) is 0 Å². The summed E-state index contributed by atoms with van der Waals surface area (Å²) in [6, 6.07) is 5.51. The van der Waals surface area contributed by atoms with Crippen molar-refractivity contribution in [3.8, 4) is 0 Å². The van der Waals surface area contributed by atoms with Crippen molar-refractivity contribution in [2.24, 2.45) is 0 Å². The smallest absolute Gasteiger partial charge is 0.319 e. The van der Waals surface area contributed by atoms with Crippen LogP contribution in [0.25, 0.3) is 0 Å². The Hall–Kier alpha value is -2.21. The van der Waals surface area contributed by atoms with E-state index in [0.717, 1.165) is 5.56 Å². The number of hydrogen-bond acceptors (Lipinski definition) is 4. The van der Waals surface area contributed by atoms with Crippen LogP contribution in [-0.2, 0) is 16.2 Å². The van der Waals surface area contributed by atoms with Crippen molar-refractivity contribution in [1.29, 1.82) is 0 Å². The first kappa shape index (κ1) is 16.8. The molecule has 1 atom stereocenters. The van der Waals surface area contributed by atoms with Crippen LogP contribution in [0.4, 0.5) is 10.5 Å². The highest BCUT2D eigenvalue weighted by molar-refractivity contribution is 5.93. The number of nitrogens with one attached hydrogen (secondary N) is 2. The number of aliphatic hydroxyl groups excluding tert-OH is 1. The SMILES string of the molecule is CC(=O)CCC(NC(=O)Nc1ccc(CO)cc1)C(C)=O.